The van der Waals surface area contributed by atoms with Gasteiger partial charge in [-0.25, -0.2) is 0 Å². The first-order valence-electron chi connectivity index (χ1n) is 6.71. The number of rotatable bonds is 2. The second kappa shape index (κ2) is 5.01. The zero-order chi connectivity index (χ0) is 15.0. The SMILES string of the molecule is Cc1ccncc1N1C(=O)c2ccccc2CC1C(N)=O. The Balaban J connectivity index is 2.16. The van der Waals surface area contributed by atoms with Gasteiger partial charge in [0.05, 0.1) is 11.9 Å². The number of primary amides is 1. The molecule has 2 heterocycles. The standard InChI is InChI=1S/C16H15N3O2/c1-10-6-7-18-9-14(10)19-13(15(17)20)8-11-4-2-3-5-12(11)16(19)21/h2-7,9,13H,8H2,1H3,(H2,17,20). The smallest absolute Gasteiger partial charge is 0.259 e. The maximum absolute atomic E-state index is 12.8. The maximum atomic E-state index is 12.8. The van der Waals surface area contributed by atoms with Crippen LogP contribution in [0.3, 0.4) is 0 Å². The number of benzene rings is 1. The summed E-state index contributed by atoms with van der Waals surface area (Å²) in [5.74, 6) is -0.724. The summed E-state index contributed by atoms with van der Waals surface area (Å²) in [7, 11) is 0. The number of amides is 2. The van der Waals surface area contributed by atoms with E-state index in [1.165, 1.54) is 4.90 Å². The highest BCUT2D eigenvalue weighted by Gasteiger charge is 2.37. The minimum absolute atomic E-state index is 0.211. The molecule has 2 amide bonds. The maximum Gasteiger partial charge on any atom is 0.259 e. The highest BCUT2D eigenvalue weighted by atomic mass is 16.2. The van der Waals surface area contributed by atoms with Crippen LogP contribution in [0.1, 0.15) is 21.5 Å². The molecule has 5 heteroatoms. The van der Waals surface area contributed by atoms with Crippen LogP contribution in [-0.2, 0) is 11.2 Å². The van der Waals surface area contributed by atoms with Gasteiger partial charge in [-0.05, 0) is 30.2 Å². The van der Waals surface area contributed by atoms with Crippen molar-refractivity contribution in [3.8, 4) is 0 Å². The average molecular weight is 281 g/mol. The molecule has 1 unspecified atom stereocenters. The first-order valence-corrected chi connectivity index (χ1v) is 6.71. The molecule has 1 aromatic heterocycles. The summed E-state index contributed by atoms with van der Waals surface area (Å²) in [5.41, 5.74) is 8.48. The van der Waals surface area contributed by atoms with Gasteiger partial charge >= 0.3 is 0 Å². The number of nitrogens with zero attached hydrogens (tertiary/aromatic N) is 2. The molecule has 0 saturated carbocycles. The third-order valence-corrected chi connectivity index (χ3v) is 3.79. The van der Waals surface area contributed by atoms with Crippen LogP contribution in [-0.4, -0.2) is 22.8 Å². The van der Waals surface area contributed by atoms with E-state index < -0.39 is 11.9 Å². The predicted molar refractivity (Wildman–Crippen MR) is 78.9 cm³/mol. The predicted octanol–water partition coefficient (Wildman–Crippen LogP) is 1.45. The Bertz CT molecular complexity index is 727. The molecule has 106 valence electrons. The van der Waals surface area contributed by atoms with Gasteiger partial charge in [0.25, 0.3) is 5.91 Å². The number of anilines is 1. The molecule has 21 heavy (non-hydrogen) atoms. The van der Waals surface area contributed by atoms with Crippen molar-refractivity contribution >= 4 is 17.5 Å². The Morgan fingerprint density at radius 3 is 2.81 bits per heavy atom. The first kappa shape index (κ1) is 13.3. The van der Waals surface area contributed by atoms with E-state index in [0.29, 0.717) is 17.7 Å². The quantitative estimate of drug-likeness (QED) is 0.905. The topological polar surface area (TPSA) is 76.3 Å². The largest absolute Gasteiger partial charge is 0.368 e. The van der Waals surface area contributed by atoms with Gasteiger partial charge in [-0.15, -0.1) is 0 Å². The number of pyridine rings is 1. The molecular formula is C16H15N3O2. The van der Waals surface area contributed by atoms with Crippen LogP contribution >= 0.6 is 0 Å². The normalized spacial score (nSPS) is 17.5. The molecule has 1 aromatic carbocycles. The lowest BCUT2D eigenvalue weighted by atomic mass is 9.92. The van der Waals surface area contributed by atoms with E-state index in [1.54, 1.807) is 24.5 Å². The van der Waals surface area contributed by atoms with Crippen molar-refractivity contribution in [2.75, 3.05) is 4.90 Å². The van der Waals surface area contributed by atoms with Crippen molar-refractivity contribution < 1.29 is 9.59 Å². The molecule has 0 radical (unpaired) electrons. The fourth-order valence-corrected chi connectivity index (χ4v) is 2.69. The summed E-state index contributed by atoms with van der Waals surface area (Å²) in [6.45, 7) is 1.88. The minimum atomic E-state index is -0.685. The minimum Gasteiger partial charge on any atom is -0.368 e. The Labute approximate surface area is 122 Å². The highest BCUT2D eigenvalue weighted by molar-refractivity contribution is 6.12. The molecule has 0 bridgehead atoms. The number of aromatic nitrogens is 1. The summed E-state index contributed by atoms with van der Waals surface area (Å²) in [5, 5.41) is 0. The molecule has 2 aromatic rings. The van der Waals surface area contributed by atoms with Crippen molar-refractivity contribution in [1.82, 2.24) is 4.98 Å². The summed E-state index contributed by atoms with van der Waals surface area (Å²) in [6, 6.07) is 8.42. The number of fused-ring (bicyclic) bond motifs is 1. The van der Waals surface area contributed by atoms with Gasteiger partial charge in [-0.1, -0.05) is 18.2 Å². The zero-order valence-electron chi connectivity index (χ0n) is 11.6. The van der Waals surface area contributed by atoms with Gasteiger partial charge in [0.1, 0.15) is 6.04 Å². The van der Waals surface area contributed by atoms with E-state index in [9.17, 15) is 9.59 Å². The number of hydrogen-bond acceptors (Lipinski definition) is 3. The molecule has 1 atom stereocenters. The van der Waals surface area contributed by atoms with Crippen LogP contribution < -0.4 is 10.6 Å². The highest BCUT2D eigenvalue weighted by Crippen LogP contribution is 2.29. The number of aryl methyl sites for hydroxylation is 1. The fourth-order valence-electron chi connectivity index (χ4n) is 2.69. The number of carbonyl (C=O) groups is 2. The Morgan fingerprint density at radius 2 is 2.10 bits per heavy atom. The van der Waals surface area contributed by atoms with E-state index >= 15 is 0 Å². The Morgan fingerprint density at radius 1 is 1.33 bits per heavy atom. The lowest BCUT2D eigenvalue weighted by Crippen LogP contribution is -2.52. The molecule has 2 N–H and O–H groups in total. The Kier molecular flexibility index (Phi) is 3.17. The van der Waals surface area contributed by atoms with Crippen molar-refractivity contribution in [1.29, 1.82) is 0 Å². The fraction of sp³-hybridized carbons (Fsp3) is 0.188. The molecule has 0 spiro atoms. The number of carbonyl (C=O) groups excluding carboxylic acids is 2. The average Bonchev–Trinajstić information content (AvgIpc) is 2.48. The molecular weight excluding hydrogens is 266 g/mol. The first-order chi connectivity index (χ1) is 10.1. The van der Waals surface area contributed by atoms with Gasteiger partial charge < -0.3 is 5.73 Å². The number of nitrogens with two attached hydrogens (primary N) is 1. The van der Waals surface area contributed by atoms with Crippen molar-refractivity contribution in [2.45, 2.75) is 19.4 Å². The van der Waals surface area contributed by atoms with E-state index in [-0.39, 0.29) is 5.91 Å². The molecule has 3 rings (SSSR count). The summed E-state index contributed by atoms with van der Waals surface area (Å²) < 4.78 is 0. The zero-order valence-corrected chi connectivity index (χ0v) is 11.6. The number of hydrogen-bond donors (Lipinski definition) is 1. The third kappa shape index (κ3) is 2.16. The molecule has 1 aliphatic heterocycles. The van der Waals surface area contributed by atoms with E-state index in [4.69, 9.17) is 5.73 Å². The molecule has 0 saturated heterocycles. The molecule has 0 fully saturated rings. The third-order valence-electron chi connectivity index (χ3n) is 3.79. The lowest BCUT2D eigenvalue weighted by molar-refractivity contribution is -0.119. The molecule has 5 nitrogen and oxygen atoms in total. The van der Waals surface area contributed by atoms with Crippen LogP contribution in [0.25, 0.3) is 0 Å². The van der Waals surface area contributed by atoms with Crippen molar-refractivity contribution in [2.24, 2.45) is 5.73 Å². The van der Waals surface area contributed by atoms with Crippen molar-refractivity contribution in [3.05, 3.63) is 59.4 Å². The van der Waals surface area contributed by atoms with Crippen LogP contribution in [0.4, 0.5) is 5.69 Å². The summed E-state index contributed by atoms with van der Waals surface area (Å²) >= 11 is 0. The van der Waals surface area contributed by atoms with Gasteiger partial charge in [-0.3, -0.25) is 19.5 Å². The molecule has 0 aliphatic carbocycles. The van der Waals surface area contributed by atoms with Gasteiger partial charge in [0, 0.05) is 18.2 Å². The van der Waals surface area contributed by atoms with E-state index in [1.807, 2.05) is 25.1 Å². The summed E-state index contributed by atoms with van der Waals surface area (Å²) in [4.78, 5) is 30.1. The van der Waals surface area contributed by atoms with Gasteiger partial charge in [0.15, 0.2) is 0 Å². The second-order valence-corrected chi connectivity index (χ2v) is 5.12. The summed E-state index contributed by atoms with van der Waals surface area (Å²) in [6.07, 6.45) is 3.67. The Hall–Kier alpha value is -2.69. The van der Waals surface area contributed by atoms with Gasteiger partial charge in [-0.2, -0.15) is 0 Å². The van der Waals surface area contributed by atoms with Crippen molar-refractivity contribution in [3.63, 3.8) is 0 Å². The van der Waals surface area contributed by atoms with Crippen LogP contribution in [0, 0.1) is 6.92 Å². The van der Waals surface area contributed by atoms with Crippen LogP contribution in [0.2, 0.25) is 0 Å². The molecule has 1 aliphatic rings. The monoisotopic (exact) mass is 281 g/mol. The lowest BCUT2D eigenvalue weighted by Gasteiger charge is -2.35. The second-order valence-electron chi connectivity index (χ2n) is 5.12. The van der Waals surface area contributed by atoms with Gasteiger partial charge in [0.2, 0.25) is 5.91 Å². The van der Waals surface area contributed by atoms with Crippen LogP contribution in [0.15, 0.2) is 42.7 Å². The van der Waals surface area contributed by atoms with E-state index in [0.717, 1.165) is 11.1 Å². The van der Waals surface area contributed by atoms with E-state index in [2.05, 4.69) is 4.98 Å². The van der Waals surface area contributed by atoms with Crippen LogP contribution in [0.5, 0.6) is 0 Å².